The van der Waals surface area contributed by atoms with E-state index in [1.807, 2.05) is 27.7 Å². The molecular weight excluding hydrogens is 480 g/mol. The maximum atomic E-state index is 4.72. The first-order chi connectivity index (χ1) is 19.3. The van der Waals surface area contributed by atoms with Gasteiger partial charge in [-0.1, -0.05) is 11.8 Å². The summed E-state index contributed by atoms with van der Waals surface area (Å²) in [5.41, 5.74) is 0. The van der Waals surface area contributed by atoms with Crippen molar-refractivity contribution in [3.63, 3.8) is 0 Å². The van der Waals surface area contributed by atoms with E-state index in [0.29, 0.717) is 0 Å². The van der Waals surface area contributed by atoms with Crippen LogP contribution in [0.4, 0.5) is 0 Å². The molecule has 0 heteroatoms. The van der Waals surface area contributed by atoms with Crippen molar-refractivity contribution in [1.29, 1.82) is 0 Å². The lowest BCUT2D eigenvalue weighted by Gasteiger charge is -1.43. The summed E-state index contributed by atoms with van der Waals surface area (Å²) < 4.78 is 0. The van der Waals surface area contributed by atoms with Crippen molar-refractivity contribution < 1.29 is 0 Å². The van der Waals surface area contributed by atoms with Gasteiger partial charge in [-0.3, -0.25) is 0 Å². The van der Waals surface area contributed by atoms with Crippen LogP contribution in [0, 0.1) is 195 Å². The largest absolute Gasteiger partial charge is 0.124 e. The molecule has 0 atom stereocenters. The minimum Gasteiger partial charge on any atom is -0.124 e. The summed E-state index contributed by atoms with van der Waals surface area (Å²) in [6, 6.07) is 0. The minimum absolute atomic E-state index is 1.65. The average Bonchev–Trinajstić information content (AvgIpc) is 3.00. The Bertz CT molecular complexity index is 1130. The van der Waals surface area contributed by atoms with Crippen LogP contribution >= 0.6 is 0 Å². The third-order valence-electron chi connectivity index (χ3n) is 1.31. The Hall–Kier alpha value is -7.04. The summed E-state index contributed by atoms with van der Waals surface area (Å²) in [6.07, 6.45) is 53.4. The Labute approximate surface area is 250 Å². The fraction of sp³-hybridized carbons (Fsp3) is 0.200. The molecule has 0 saturated heterocycles. The topological polar surface area (TPSA) is 0 Å². The van der Waals surface area contributed by atoms with Crippen LogP contribution in [-0.4, -0.2) is 0 Å². The molecule has 0 aliphatic rings. The van der Waals surface area contributed by atoms with Crippen molar-refractivity contribution in [3.8, 4) is 195 Å². The van der Waals surface area contributed by atoms with E-state index in [1.54, 1.807) is 27.7 Å². The molecule has 0 fully saturated rings. The average molecular weight is 517 g/mol. The van der Waals surface area contributed by atoms with E-state index >= 15 is 0 Å². The van der Waals surface area contributed by atoms with Crippen molar-refractivity contribution in [2.45, 2.75) is 55.4 Å². The van der Waals surface area contributed by atoms with Gasteiger partial charge in [0.25, 0.3) is 0 Å². The van der Waals surface area contributed by atoms with Crippen molar-refractivity contribution in [3.05, 3.63) is 0 Å². The van der Waals surface area contributed by atoms with Crippen LogP contribution in [0.2, 0.25) is 0 Å². The van der Waals surface area contributed by atoms with Gasteiger partial charge in [0.05, 0.1) is 0 Å². The quantitative estimate of drug-likeness (QED) is 0.366. The lowest BCUT2D eigenvalue weighted by Crippen LogP contribution is -1.42. The molecule has 0 spiro atoms. The van der Waals surface area contributed by atoms with Crippen LogP contribution < -0.4 is 0 Å². The van der Waals surface area contributed by atoms with Gasteiger partial charge in [0, 0.05) is 0 Å². The van der Waals surface area contributed by atoms with Gasteiger partial charge in [-0.15, -0.1) is 113 Å². The molecule has 0 radical (unpaired) electrons. The van der Waals surface area contributed by atoms with E-state index in [1.165, 1.54) is 0 Å². The van der Waals surface area contributed by atoms with Crippen molar-refractivity contribution in [1.82, 2.24) is 0 Å². The molecule has 0 nitrogen and oxygen atoms in total. The molecule has 0 bridgehead atoms. The molecule has 0 aromatic rings. The molecule has 196 valence electrons. The highest BCUT2D eigenvalue weighted by Gasteiger charge is 1.42. The second-order valence-corrected chi connectivity index (χ2v) is 3.69. The third-order valence-corrected chi connectivity index (χ3v) is 1.31. The first-order valence-corrected chi connectivity index (χ1v) is 9.98. The zero-order valence-electron chi connectivity index (χ0n) is 24.9. The molecule has 0 aliphatic heterocycles. The van der Waals surface area contributed by atoms with Gasteiger partial charge in [0.1, 0.15) is 0 Å². The molecule has 0 N–H and O–H groups in total. The van der Waals surface area contributed by atoms with E-state index < -0.39 is 0 Å². The molecule has 0 aliphatic carbocycles. The Balaban J connectivity index is -0.0000000319. The Morgan fingerprint density at radius 1 is 0.250 bits per heavy atom. The number of hydrogen-bond donors (Lipinski definition) is 0. The normalized spacial score (nSPS) is 2.90. The van der Waals surface area contributed by atoms with Gasteiger partial charge in [0.15, 0.2) is 0 Å². The van der Waals surface area contributed by atoms with Crippen molar-refractivity contribution in [2.24, 2.45) is 0 Å². The number of rotatable bonds is 0. The maximum Gasteiger partial charge on any atom is -0.00134 e. The monoisotopic (exact) mass is 516 g/mol. The first-order valence-electron chi connectivity index (χ1n) is 9.98. The molecule has 40 heavy (non-hydrogen) atoms. The minimum atomic E-state index is 1.65. The van der Waals surface area contributed by atoms with Crippen LogP contribution in [0.1, 0.15) is 55.4 Å². The summed E-state index contributed by atoms with van der Waals surface area (Å²) in [7, 11) is 0. The highest BCUT2D eigenvalue weighted by molar-refractivity contribution is 5.32. The Morgan fingerprint density at radius 3 is 0.400 bits per heavy atom. The smallest absolute Gasteiger partial charge is 0.00134 e. The van der Waals surface area contributed by atoms with Gasteiger partial charge in [0.2, 0.25) is 0 Å². The molecule has 0 aromatic carbocycles. The molecular formula is C40H36. The van der Waals surface area contributed by atoms with Crippen LogP contribution in [-0.2, 0) is 0 Å². The predicted octanol–water partition coefficient (Wildman–Crippen LogP) is 5.64. The second kappa shape index (κ2) is 182. The Kier molecular flexibility index (Phi) is 291. The van der Waals surface area contributed by atoms with E-state index in [4.69, 9.17) is 38.5 Å². The lowest BCUT2D eigenvalue weighted by molar-refractivity contribution is 1.83. The van der Waals surface area contributed by atoms with Crippen molar-refractivity contribution in [2.75, 3.05) is 0 Å². The summed E-state index contributed by atoms with van der Waals surface area (Å²) in [5.74, 6) is 46.6. The summed E-state index contributed by atoms with van der Waals surface area (Å²) in [6.45, 7) is 14.0. The zero-order valence-corrected chi connectivity index (χ0v) is 24.9. The van der Waals surface area contributed by atoms with Gasteiger partial charge >= 0.3 is 0 Å². The highest BCUT2D eigenvalue weighted by Crippen LogP contribution is 1.44. The standard InChI is InChI=1S/2C6H2.2C5H4.2C4H6.2C3H4.2C2H2/c2*1-3-5-6-4-2;2*1-3-5-4-2;2*1-3-4-2;2*1-3-2;2*1-2/h2*1-2H;2*1H,2H3;2*1-2H3;2*1H,2H3;2*1-2H. The SMILES string of the molecule is C#C.C#C.C#CC.C#CC.C#CC#CC.C#CC#CC.C#CC#CC#C.C#CC#CC#C.CC#CC.CC#CC. The van der Waals surface area contributed by atoms with E-state index in [2.05, 4.69) is 157 Å². The summed E-state index contributed by atoms with van der Waals surface area (Å²) >= 11 is 0. The summed E-state index contributed by atoms with van der Waals surface area (Å²) in [5, 5.41) is 0. The third kappa shape index (κ3) is 1130. The molecule has 0 saturated carbocycles. The van der Waals surface area contributed by atoms with E-state index in [9.17, 15) is 0 Å². The molecule has 0 aromatic heterocycles. The number of terminal acetylenes is 10. The molecule has 0 unspecified atom stereocenters. The summed E-state index contributed by atoms with van der Waals surface area (Å²) in [4.78, 5) is 0. The highest BCUT2D eigenvalue weighted by atomic mass is 13.4. The Morgan fingerprint density at radius 2 is 0.375 bits per heavy atom. The predicted molar refractivity (Wildman–Crippen MR) is 182 cm³/mol. The maximum absolute atomic E-state index is 4.72. The zero-order chi connectivity index (χ0) is 34.1. The van der Waals surface area contributed by atoms with Crippen molar-refractivity contribution >= 4 is 0 Å². The fourth-order valence-electron chi connectivity index (χ4n) is 0.289. The van der Waals surface area contributed by atoms with Crippen LogP contribution in [0.15, 0.2) is 0 Å². The molecule has 0 rings (SSSR count). The molecule has 0 amide bonds. The van der Waals surface area contributed by atoms with Gasteiger partial charge < -0.3 is 0 Å². The first kappa shape index (κ1) is 63.9. The van der Waals surface area contributed by atoms with E-state index in [0.717, 1.165) is 0 Å². The van der Waals surface area contributed by atoms with Gasteiger partial charge in [-0.2, -0.15) is 0 Å². The number of hydrogen-bond acceptors (Lipinski definition) is 0. The van der Waals surface area contributed by atoms with Gasteiger partial charge in [-0.25, -0.2) is 0 Å². The van der Waals surface area contributed by atoms with Crippen LogP contribution in [0.3, 0.4) is 0 Å². The molecule has 0 heterocycles. The lowest BCUT2D eigenvalue weighted by atomic mass is 10.6. The fourth-order valence-corrected chi connectivity index (χ4v) is 0.289. The van der Waals surface area contributed by atoms with Crippen LogP contribution in [0.25, 0.3) is 0 Å². The van der Waals surface area contributed by atoms with Crippen LogP contribution in [0.5, 0.6) is 0 Å². The van der Waals surface area contributed by atoms with Gasteiger partial charge in [-0.05, 0) is 126 Å². The second-order valence-electron chi connectivity index (χ2n) is 3.69. The van der Waals surface area contributed by atoms with E-state index in [-0.39, 0.29) is 0 Å².